The van der Waals surface area contributed by atoms with Gasteiger partial charge in [0.05, 0.1) is 13.1 Å². The molecule has 0 spiro atoms. The number of likely N-dealkylation sites (tertiary alicyclic amines) is 1. The van der Waals surface area contributed by atoms with Gasteiger partial charge in [0.15, 0.2) is 0 Å². The van der Waals surface area contributed by atoms with Crippen LogP contribution in [0.5, 0.6) is 5.75 Å². The zero-order chi connectivity index (χ0) is 19.8. The molecule has 7 heteroatoms. The van der Waals surface area contributed by atoms with Crippen LogP contribution in [-0.2, 0) is 4.79 Å². The van der Waals surface area contributed by atoms with Gasteiger partial charge in [-0.05, 0) is 38.3 Å². The number of rotatable bonds is 6. The van der Waals surface area contributed by atoms with Crippen LogP contribution in [0.4, 0.5) is 4.79 Å². The maximum absolute atomic E-state index is 12.4. The lowest BCUT2D eigenvalue weighted by Gasteiger charge is -2.36. The molecular formula is C21H32N4O3. The van der Waals surface area contributed by atoms with Crippen molar-refractivity contribution in [1.82, 2.24) is 20.0 Å². The van der Waals surface area contributed by atoms with E-state index in [-0.39, 0.29) is 11.9 Å². The summed E-state index contributed by atoms with van der Waals surface area (Å²) in [6.07, 6.45) is 3.47. The summed E-state index contributed by atoms with van der Waals surface area (Å²) in [7, 11) is 0. The van der Waals surface area contributed by atoms with Gasteiger partial charge in [-0.3, -0.25) is 9.69 Å². The number of aryl methyl sites for hydroxylation is 1. The smallest absolute Gasteiger partial charge is 0.317 e. The van der Waals surface area contributed by atoms with Crippen LogP contribution >= 0.6 is 0 Å². The van der Waals surface area contributed by atoms with Crippen molar-refractivity contribution in [2.45, 2.75) is 26.2 Å². The average Bonchev–Trinajstić information content (AvgIpc) is 2.73. The lowest BCUT2D eigenvalue weighted by Crippen LogP contribution is -2.54. The fourth-order valence-corrected chi connectivity index (χ4v) is 3.62. The Bertz CT molecular complexity index is 636. The first-order chi connectivity index (χ1) is 13.6. The highest BCUT2D eigenvalue weighted by atomic mass is 16.5. The minimum Gasteiger partial charge on any atom is -0.492 e. The van der Waals surface area contributed by atoms with E-state index in [1.807, 2.05) is 41.0 Å². The lowest BCUT2D eigenvalue weighted by atomic mass is 10.1. The van der Waals surface area contributed by atoms with Crippen LogP contribution in [0.15, 0.2) is 24.3 Å². The third kappa shape index (κ3) is 6.12. The summed E-state index contributed by atoms with van der Waals surface area (Å²) < 4.78 is 5.63. The number of hydrogen-bond acceptors (Lipinski definition) is 4. The molecule has 0 aliphatic carbocycles. The molecule has 2 fully saturated rings. The normalized spacial score (nSPS) is 18.0. The number of nitrogens with one attached hydrogen (secondary N) is 1. The van der Waals surface area contributed by atoms with Crippen molar-refractivity contribution in [3.05, 3.63) is 29.8 Å². The first kappa shape index (κ1) is 20.5. The molecule has 1 aromatic carbocycles. The van der Waals surface area contributed by atoms with Crippen LogP contribution in [0.25, 0.3) is 0 Å². The molecule has 0 unspecified atom stereocenters. The van der Waals surface area contributed by atoms with Crippen LogP contribution in [0.2, 0.25) is 0 Å². The number of urea groups is 1. The van der Waals surface area contributed by atoms with Gasteiger partial charge in [-0.25, -0.2) is 4.79 Å². The molecule has 2 aliphatic heterocycles. The molecule has 2 aliphatic rings. The van der Waals surface area contributed by atoms with Crippen molar-refractivity contribution < 1.29 is 14.3 Å². The van der Waals surface area contributed by atoms with E-state index in [1.165, 1.54) is 12.0 Å². The van der Waals surface area contributed by atoms with Gasteiger partial charge in [-0.1, -0.05) is 17.7 Å². The number of ether oxygens (including phenoxy) is 1. The van der Waals surface area contributed by atoms with Crippen LogP contribution < -0.4 is 10.1 Å². The molecule has 7 nitrogen and oxygen atoms in total. The van der Waals surface area contributed by atoms with Gasteiger partial charge < -0.3 is 19.9 Å². The number of carbonyl (C=O) groups is 2. The Labute approximate surface area is 167 Å². The van der Waals surface area contributed by atoms with E-state index in [2.05, 4.69) is 10.2 Å². The fraction of sp³-hybridized carbons (Fsp3) is 0.619. The highest BCUT2D eigenvalue weighted by molar-refractivity contribution is 5.78. The maximum atomic E-state index is 12.4. The quantitative estimate of drug-likeness (QED) is 0.754. The van der Waals surface area contributed by atoms with Gasteiger partial charge in [0, 0.05) is 39.3 Å². The zero-order valence-corrected chi connectivity index (χ0v) is 16.9. The largest absolute Gasteiger partial charge is 0.492 e. The van der Waals surface area contributed by atoms with E-state index in [9.17, 15) is 9.59 Å². The molecule has 0 bridgehead atoms. The summed E-state index contributed by atoms with van der Waals surface area (Å²) >= 11 is 0. The van der Waals surface area contributed by atoms with Crippen LogP contribution in [-0.4, -0.2) is 85.6 Å². The van der Waals surface area contributed by atoms with Crippen molar-refractivity contribution in [2.75, 3.05) is 59.0 Å². The maximum Gasteiger partial charge on any atom is 0.317 e. The number of carbonyl (C=O) groups excluding carboxylic acids is 2. The molecule has 3 rings (SSSR count). The zero-order valence-electron chi connectivity index (χ0n) is 16.9. The monoisotopic (exact) mass is 388 g/mol. The Balaban J connectivity index is 1.30. The summed E-state index contributed by atoms with van der Waals surface area (Å²) in [4.78, 5) is 30.6. The third-order valence-electron chi connectivity index (χ3n) is 5.40. The summed E-state index contributed by atoms with van der Waals surface area (Å²) in [5.41, 5.74) is 1.19. The second kappa shape index (κ2) is 10.3. The summed E-state index contributed by atoms with van der Waals surface area (Å²) in [5, 5.41) is 2.91. The molecule has 0 aromatic heterocycles. The molecule has 0 atom stereocenters. The molecule has 3 amide bonds. The predicted octanol–water partition coefficient (Wildman–Crippen LogP) is 1.71. The molecule has 1 N–H and O–H groups in total. The Morgan fingerprint density at radius 1 is 0.929 bits per heavy atom. The lowest BCUT2D eigenvalue weighted by molar-refractivity contribution is -0.133. The summed E-state index contributed by atoms with van der Waals surface area (Å²) in [5.74, 6) is 1.04. The fourth-order valence-electron chi connectivity index (χ4n) is 3.62. The summed E-state index contributed by atoms with van der Waals surface area (Å²) in [6, 6.07) is 7.81. The van der Waals surface area contributed by atoms with Crippen molar-refractivity contribution >= 4 is 11.9 Å². The van der Waals surface area contributed by atoms with Crippen molar-refractivity contribution in [1.29, 1.82) is 0 Å². The average molecular weight is 389 g/mol. The van der Waals surface area contributed by atoms with E-state index in [4.69, 9.17) is 4.74 Å². The molecule has 154 valence electrons. The Morgan fingerprint density at radius 2 is 1.61 bits per heavy atom. The third-order valence-corrected chi connectivity index (χ3v) is 5.40. The number of hydrogen-bond donors (Lipinski definition) is 1. The number of nitrogens with zero attached hydrogens (tertiary/aromatic N) is 3. The SMILES string of the molecule is Cc1ccc(OCCNC(=O)N2CCN(CC(=O)N3CCCCC3)CC2)cc1. The summed E-state index contributed by atoms with van der Waals surface area (Å²) in [6.45, 7) is 8.00. The second-order valence-corrected chi connectivity index (χ2v) is 7.60. The highest BCUT2D eigenvalue weighted by Gasteiger charge is 2.24. The molecule has 1 aromatic rings. The minimum atomic E-state index is -0.0606. The van der Waals surface area contributed by atoms with Crippen LogP contribution in [0, 0.1) is 6.92 Å². The van der Waals surface area contributed by atoms with E-state index >= 15 is 0 Å². The standard InChI is InChI=1S/C21H32N4O3/c1-18-5-7-19(8-6-18)28-16-9-22-21(27)25-14-12-23(13-15-25)17-20(26)24-10-3-2-4-11-24/h5-8H,2-4,9-17H2,1H3,(H,22,27). The van der Waals surface area contributed by atoms with Gasteiger partial charge in [-0.2, -0.15) is 0 Å². The van der Waals surface area contributed by atoms with E-state index in [0.29, 0.717) is 32.8 Å². The van der Waals surface area contributed by atoms with Crippen LogP contribution in [0.1, 0.15) is 24.8 Å². The number of piperidine rings is 1. The van der Waals surface area contributed by atoms with Gasteiger partial charge in [0.25, 0.3) is 0 Å². The number of piperazine rings is 1. The molecule has 28 heavy (non-hydrogen) atoms. The van der Waals surface area contributed by atoms with E-state index in [0.717, 1.165) is 44.8 Å². The number of amides is 3. The van der Waals surface area contributed by atoms with Crippen LogP contribution in [0.3, 0.4) is 0 Å². The van der Waals surface area contributed by atoms with Crippen molar-refractivity contribution in [3.8, 4) is 5.75 Å². The Hall–Kier alpha value is -2.28. The van der Waals surface area contributed by atoms with Gasteiger partial charge >= 0.3 is 6.03 Å². The topological polar surface area (TPSA) is 65.1 Å². The predicted molar refractivity (Wildman–Crippen MR) is 109 cm³/mol. The Kier molecular flexibility index (Phi) is 7.54. The highest BCUT2D eigenvalue weighted by Crippen LogP contribution is 2.11. The minimum absolute atomic E-state index is 0.0606. The van der Waals surface area contributed by atoms with E-state index < -0.39 is 0 Å². The first-order valence-corrected chi connectivity index (χ1v) is 10.3. The Morgan fingerprint density at radius 3 is 2.29 bits per heavy atom. The first-order valence-electron chi connectivity index (χ1n) is 10.3. The molecule has 0 radical (unpaired) electrons. The van der Waals surface area contributed by atoms with E-state index in [1.54, 1.807) is 0 Å². The molecular weight excluding hydrogens is 356 g/mol. The molecule has 2 heterocycles. The molecule has 2 saturated heterocycles. The van der Waals surface area contributed by atoms with Gasteiger partial charge in [-0.15, -0.1) is 0 Å². The second-order valence-electron chi connectivity index (χ2n) is 7.60. The number of benzene rings is 1. The van der Waals surface area contributed by atoms with Crippen molar-refractivity contribution in [3.63, 3.8) is 0 Å². The van der Waals surface area contributed by atoms with Gasteiger partial charge in [0.1, 0.15) is 12.4 Å². The van der Waals surface area contributed by atoms with Crippen molar-refractivity contribution in [2.24, 2.45) is 0 Å². The van der Waals surface area contributed by atoms with Gasteiger partial charge in [0.2, 0.25) is 5.91 Å². The molecule has 0 saturated carbocycles.